The van der Waals surface area contributed by atoms with Gasteiger partial charge in [-0.05, 0) is 53.9 Å². The maximum atomic E-state index is 13.4. The summed E-state index contributed by atoms with van der Waals surface area (Å²) in [4.78, 5) is 30.2. The van der Waals surface area contributed by atoms with E-state index >= 15 is 0 Å². The summed E-state index contributed by atoms with van der Waals surface area (Å²) in [7, 11) is 0. The number of halogens is 1. The predicted octanol–water partition coefficient (Wildman–Crippen LogP) is 5.29. The maximum absolute atomic E-state index is 13.4. The molecule has 0 spiro atoms. The summed E-state index contributed by atoms with van der Waals surface area (Å²) in [5.41, 5.74) is 3.15. The van der Waals surface area contributed by atoms with Gasteiger partial charge in [0, 0.05) is 17.2 Å². The number of fused-ring (bicyclic) bond motifs is 2. The molecule has 0 fully saturated rings. The number of thioether (sulfide) groups is 1. The Morgan fingerprint density at radius 2 is 1.76 bits per heavy atom. The number of aryl methyl sites for hydroxylation is 1. The van der Waals surface area contributed by atoms with E-state index in [1.807, 2.05) is 31.2 Å². The molecular weight excluding hydrogens is 439 g/mol. The number of benzene rings is 3. The SMILES string of the molecule is Cc1ccc2c(CSc3nc4ccccc4c(=O)n3Cc3ccc(F)cc3)cc(=O)oc2c1. The molecule has 2 heterocycles. The van der Waals surface area contributed by atoms with Crippen LogP contribution in [0.1, 0.15) is 16.7 Å². The first-order chi connectivity index (χ1) is 16.0. The number of hydrogen-bond acceptors (Lipinski definition) is 5. The molecule has 0 saturated carbocycles. The largest absolute Gasteiger partial charge is 0.423 e. The second-order valence-electron chi connectivity index (χ2n) is 7.81. The molecule has 164 valence electrons. The summed E-state index contributed by atoms with van der Waals surface area (Å²) >= 11 is 1.38. The molecule has 0 radical (unpaired) electrons. The molecule has 0 aliphatic carbocycles. The molecule has 0 bridgehead atoms. The van der Waals surface area contributed by atoms with Crippen LogP contribution in [0.2, 0.25) is 0 Å². The van der Waals surface area contributed by atoms with Gasteiger partial charge in [-0.25, -0.2) is 14.2 Å². The molecule has 0 atom stereocenters. The normalized spacial score (nSPS) is 11.3. The van der Waals surface area contributed by atoms with Crippen molar-refractivity contribution >= 4 is 33.6 Å². The summed E-state index contributed by atoms with van der Waals surface area (Å²) in [6.07, 6.45) is 0. The Hall–Kier alpha value is -3.71. The molecule has 0 amide bonds. The molecule has 3 aromatic carbocycles. The third-order valence-electron chi connectivity index (χ3n) is 5.42. The van der Waals surface area contributed by atoms with E-state index < -0.39 is 5.63 Å². The standard InChI is InChI=1S/C26H19FN2O3S/c1-16-6-11-20-18(13-24(30)32-23(20)12-16)15-33-26-28-22-5-3-2-4-21(22)25(31)29(26)14-17-7-9-19(27)10-8-17/h2-13H,14-15H2,1H3. The first kappa shape index (κ1) is 21.2. The van der Waals surface area contributed by atoms with Crippen LogP contribution in [0, 0.1) is 12.7 Å². The van der Waals surface area contributed by atoms with Crippen LogP contribution < -0.4 is 11.2 Å². The lowest BCUT2D eigenvalue weighted by Gasteiger charge is -2.14. The van der Waals surface area contributed by atoms with Gasteiger partial charge in [0.2, 0.25) is 0 Å². The van der Waals surface area contributed by atoms with Gasteiger partial charge in [0.1, 0.15) is 11.4 Å². The molecule has 0 N–H and O–H groups in total. The van der Waals surface area contributed by atoms with E-state index in [2.05, 4.69) is 0 Å². The molecule has 0 aliphatic heterocycles. The van der Waals surface area contributed by atoms with Crippen molar-refractivity contribution < 1.29 is 8.81 Å². The van der Waals surface area contributed by atoms with Crippen molar-refractivity contribution in [3.8, 4) is 0 Å². The molecular formula is C26H19FN2O3S. The van der Waals surface area contributed by atoms with E-state index in [4.69, 9.17) is 9.40 Å². The van der Waals surface area contributed by atoms with Crippen molar-refractivity contribution in [2.24, 2.45) is 0 Å². The minimum absolute atomic E-state index is 0.166. The van der Waals surface area contributed by atoms with Crippen LogP contribution in [-0.2, 0) is 12.3 Å². The van der Waals surface area contributed by atoms with Gasteiger partial charge in [-0.3, -0.25) is 9.36 Å². The number of hydrogen-bond donors (Lipinski definition) is 0. The summed E-state index contributed by atoms with van der Waals surface area (Å²) < 4.78 is 20.3. The molecule has 0 aliphatic rings. The van der Waals surface area contributed by atoms with E-state index in [0.717, 1.165) is 22.1 Å². The fourth-order valence-corrected chi connectivity index (χ4v) is 4.76. The Morgan fingerprint density at radius 3 is 2.58 bits per heavy atom. The number of rotatable bonds is 5. The second kappa shape index (κ2) is 8.67. The lowest BCUT2D eigenvalue weighted by molar-refractivity contribution is 0.559. The molecule has 7 heteroatoms. The minimum atomic E-state index is -0.418. The van der Waals surface area contributed by atoms with Crippen LogP contribution in [0.3, 0.4) is 0 Å². The highest BCUT2D eigenvalue weighted by Gasteiger charge is 2.14. The van der Waals surface area contributed by atoms with E-state index in [1.165, 1.54) is 30.0 Å². The van der Waals surface area contributed by atoms with Gasteiger partial charge in [-0.2, -0.15) is 0 Å². The van der Waals surface area contributed by atoms with Crippen LogP contribution in [0.25, 0.3) is 21.9 Å². The summed E-state index contributed by atoms with van der Waals surface area (Å²) in [5.74, 6) is 0.0988. The number of nitrogens with zero attached hydrogens (tertiary/aromatic N) is 2. The van der Waals surface area contributed by atoms with Gasteiger partial charge in [0.15, 0.2) is 5.16 Å². The van der Waals surface area contributed by atoms with Crippen molar-refractivity contribution in [1.29, 1.82) is 0 Å². The van der Waals surface area contributed by atoms with Crippen LogP contribution in [0.15, 0.2) is 92.0 Å². The number of para-hydroxylation sites is 1. The highest BCUT2D eigenvalue weighted by molar-refractivity contribution is 7.98. The molecule has 5 aromatic rings. The zero-order chi connectivity index (χ0) is 22.9. The van der Waals surface area contributed by atoms with E-state index in [9.17, 15) is 14.0 Å². The second-order valence-corrected chi connectivity index (χ2v) is 8.75. The lowest BCUT2D eigenvalue weighted by Crippen LogP contribution is -2.24. The van der Waals surface area contributed by atoms with Crippen LogP contribution >= 0.6 is 11.8 Å². The molecule has 0 saturated heterocycles. The van der Waals surface area contributed by atoms with Crippen molar-refractivity contribution in [3.05, 3.63) is 116 Å². The fourth-order valence-electron chi connectivity index (χ4n) is 3.77. The average Bonchev–Trinajstić information content (AvgIpc) is 2.80. The molecule has 33 heavy (non-hydrogen) atoms. The van der Waals surface area contributed by atoms with Gasteiger partial charge < -0.3 is 4.42 Å². The highest BCUT2D eigenvalue weighted by atomic mass is 32.2. The first-order valence-electron chi connectivity index (χ1n) is 10.4. The summed E-state index contributed by atoms with van der Waals surface area (Å²) in [5, 5.41) is 1.89. The van der Waals surface area contributed by atoms with E-state index in [0.29, 0.717) is 27.4 Å². The van der Waals surface area contributed by atoms with Crippen LogP contribution in [0.5, 0.6) is 0 Å². The van der Waals surface area contributed by atoms with Crippen molar-refractivity contribution in [2.75, 3.05) is 0 Å². The Bertz CT molecular complexity index is 1610. The highest BCUT2D eigenvalue weighted by Crippen LogP contribution is 2.27. The third kappa shape index (κ3) is 4.32. The van der Waals surface area contributed by atoms with Gasteiger partial charge in [-0.1, -0.05) is 48.2 Å². The Labute approximate surface area is 192 Å². The van der Waals surface area contributed by atoms with Crippen LogP contribution in [-0.4, -0.2) is 9.55 Å². The van der Waals surface area contributed by atoms with Crippen molar-refractivity contribution in [2.45, 2.75) is 24.4 Å². The summed E-state index contributed by atoms with van der Waals surface area (Å²) in [6, 6.07) is 20.5. The predicted molar refractivity (Wildman–Crippen MR) is 128 cm³/mol. The quantitative estimate of drug-likeness (QED) is 0.203. The number of aromatic nitrogens is 2. The van der Waals surface area contributed by atoms with Crippen molar-refractivity contribution in [1.82, 2.24) is 9.55 Å². The van der Waals surface area contributed by atoms with Gasteiger partial charge in [-0.15, -0.1) is 0 Å². The molecule has 2 aromatic heterocycles. The van der Waals surface area contributed by atoms with E-state index in [1.54, 1.807) is 34.9 Å². The van der Waals surface area contributed by atoms with E-state index in [-0.39, 0.29) is 17.9 Å². The van der Waals surface area contributed by atoms with Gasteiger partial charge in [0.05, 0.1) is 17.4 Å². The Morgan fingerprint density at radius 1 is 0.970 bits per heavy atom. The van der Waals surface area contributed by atoms with Gasteiger partial charge in [0.25, 0.3) is 5.56 Å². The zero-order valence-electron chi connectivity index (χ0n) is 17.7. The Balaban J connectivity index is 1.58. The first-order valence-corrected chi connectivity index (χ1v) is 11.4. The molecule has 5 nitrogen and oxygen atoms in total. The molecule has 5 rings (SSSR count). The summed E-state index contributed by atoms with van der Waals surface area (Å²) in [6.45, 7) is 2.20. The third-order valence-corrected chi connectivity index (χ3v) is 6.45. The topological polar surface area (TPSA) is 65.1 Å². The lowest BCUT2D eigenvalue weighted by atomic mass is 10.1. The Kier molecular flexibility index (Phi) is 5.56. The molecule has 0 unspecified atom stereocenters. The monoisotopic (exact) mass is 458 g/mol. The smallest absolute Gasteiger partial charge is 0.336 e. The average molecular weight is 459 g/mol. The van der Waals surface area contributed by atoms with Crippen LogP contribution in [0.4, 0.5) is 4.39 Å². The zero-order valence-corrected chi connectivity index (χ0v) is 18.6. The fraction of sp³-hybridized carbons (Fsp3) is 0.115. The van der Waals surface area contributed by atoms with Gasteiger partial charge >= 0.3 is 5.63 Å². The minimum Gasteiger partial charge on any atom is -0.423 e. The van der Waals surface area contributed by atoms with Crippen molar-refractivity contribution in [3.63, 3.8) is 0 Å². The maximum Gasteiger partial charge on any atom is 0.336 e.